The van der Waals surface area contributed by atoms with Gasteiger partial charge in [-0.2, -0.15) is 0 Å². The standard InChI is InChI=1S/C17H15N3O3/c1-11(21)12-3-2-4-13(9-12)19-16(22)10-20-8-6-14-15(20)5-7-18-17(14)23/h2-9H,10H2,1H3,(H,18,23)(H,19,22). The van der Waals surface area contributed by atoms with Crippen molar-refractivity contribution in [1.82, 2.24) is 9.55 Å². The van der Waals surface area contributed by atoms with Gasteiger partial charge in [-0.15, -0.1) is 0 Å². The number of rotatable bonds is 4. The molecule has 0 radical (unpaired) electrons. The Balaban J connectivity index is 1.79. The van der Waals surface area contributed by atoms with Gasteiger partial charge in [0.15, 0.2) is 5.78 Å². The van der Waals surface area contributed by atoms with Crippen molar-refractivity contribution >= 4 is 28.3 Å². The van der Waals surface area contributed by atoms with Gasteiger partial charge < -0.3 is 14.9 Å². The third-order valence-electron chi connectivity index (χ3n) is 3.57. The molecule has 0 saturated carbocycles. The first-order valence-corrected chi connectivity index (χ1v) is 7.12. The van der Waals surface area contributed by atoms with Gasteiger partial charge in [0.25, 0.3) is 5.56 Å². The Labute approximate surface area is 131 Å². The molecule has 6 nitrogen and oxygen atoms in total. The van der Waals surface area contributed by atoms with Gasteiger partial charge in [0.2, 0.25) is 5.91 Å². The first-order chi connectivity index (χ1) is 11.0. The van der Waals surface area contributed by atoms with Gasteiger partial charge in [0, 0.05) is 23.6 Å². The fourth-order valence-corrected chi connectivity index (χ4v) is 2.45. The van der Waals surface area contributed by atoms with Gasteiger partial charge >= 0.3 is 0 Å². The molecular formula is C17H15N3O3. The van der Waals surface area contributed by atoms with E-state index >= 15 is 0 Å². The minimum absolute atomic E-state index is 0.0586. The quantitative estimate of drug-likeness (QED) is 0.724. The fraction of sp³-hybridized carbons (Fsp3) is 0.118. The van der Waals surface area contributed by atoms with Crippen LogP contribution in [0.4, 0.5) is 5.69 Å². The number of H-pyrrole nitrogens is 1. The lowest BCUT2D eigenvalue weighted by molar-refractivity contribution is -0.116. The highest BCUT2D eigenvalue weighted by atomic mass is 16.2. The van der Waals surface area contributed by atoms with Crippen molar-refractivity contribution in [3.8, 4) is 0 Å². The summed E-state index contributed by atoms with van der Waals surface area (Å²) in [6.45, 7) is 1.56. The van der Waals surface area contributed by atoms with Crippen molar-refractivity contribution < 1.29 is 9.59 Å². The maximum Gasteiger partial charge on any atom is 0.257 e. The topological polar surface area (TPSA) is 84.0 Å². The van der Waals surface area contributed by atoms with Crippen molar-refractivity contribution in [2.75, 3.05) is 5.32 Å². The van der Waals surface area contributed by atoms with Crippen LogP contribution in [0, 0.1) is 0 Å². The number of aromatic amines is 1. The van der Waals surface area contributed by atoms with Gasteiger partial charge in [-0.25, -0.2) is 0 Å². The Hall–Kier alpha value is -3.15. The number of hydrogen-bond donors (Lipinski definition) is 2. The number of ketones is 1. The van der Waals surface area contributed by atoms with E-state index in [9.17, 15) is 14.4 Å². The van der Waals surface area contributed by atoms with E-state index < -0.39 is 0 Å². The first kappa shape index (κ1) is 14.8. The van der Waals surface area contributed by atoms with E-state index in [1.165, 1.54) is 6.92 Å². The van der Waals surface area contributed by atoms with Gasteiger partial charge in [0.1, 0.15) is 6.54 Å². The van der Waals surface area contributed by atoms with Crippen LogP contribution in [0.15, 0.2) is 53.6 Å². The Morgan fingerprint density at radius 1 is 1.22 bits per heavy atom. The molecular weight excluding hydrogens is 294 g/mol. The van der Waals surface area contributed by atoms with E-state index in [2.05, 4.69) is 10.3 Å². The molecule has 0 bridgehead atoms. The summed E-state index contributed by atoms with van der Waals surface area (Å²) in [5, 5.41) is 3.30. The van der Waals surface area contributed by atoms with Crippen molar-refractivity contribution in [3.63, 3.8) is 0 Å². The van der Waals surface area contributed by atoms with Gasteiger partial charge in [0.05, 0.1) is 10.9 Å². The van der Waals surface area contributed by atoms with Crippen molar-refractivity contribution in [2.45, 2.75) is 13.5 Å². The second-order valence-corrected chi connectivity index (χ2v) is 5.23. The molecule has 23 heavy (non-hydrogen) atoms. The van der Waals surface area contributed by atoms with Gasteiger partial charge in [-0.1, -0.05) is 12.1 Å². The predicted molar refractivity (Wildman–Crippen MR) is 87.6 cm³/mol. The molecule has 2 aromatic heterocycles. The average Bonchev–Trinajstić information content (AvgIpc) is 2.92. The molecule has 0 aliphatic rings. The molecule has 0 unspecified atom stereocenters. The molecule has 116 valence electrons. The normalized spacial score (nSPS) is 10.7. The van der Waals surface area contributed by atoms with Gasteiger partial charge in [-0.3, -0.25) is 14.4 Å². The molecule has 0 aliphatic carbocycles. The Morgan fingerprint density at radius 2 is 2.04 bits per heavy atom. The lowest BCUT2D eigenvalue weighted by Gasteiger charge is -2.08. The summed E-state index contributed by atoms with van der Waals surface area (Å²) in [6.07, 6.45) is 3.25. The van der Waals surface area contributed by atoms with Crippen LogP contribution in [0.5, 0.6) is 0 Å². The number of amides is 1. The largest absolute Gasteiger partial charge is 0.338 e. The van der Waals surface area contributed by atoms with Crippen LogP contribution in [-0.2, 0) is 11.3 Å². The van der Waals surface area contributed by atoms with Crippen LogP contribution in [-0.4, -0.2) is 21.2 Å². The Bertz CT molecular complexity index is 953. The highest BCUT2D eigenvalue weighted by Crippen LogP contribution is 2.13. The molecule has 1 aromatic carbocycles. The zero-order valence-corrected chi connectivity index (χ0v) is 12.5. The summed E-state index contributed by atoms with van der Waals surface area (Å²) in [4.78, 5) is 37.8. The SMILES string of the molecule is CC(=O)c1cccc(NC(=O)Cn2ccc3c(=O)[nH]ccc32)c1. The minimum Gasteiger partial charge on any atom is -0.338 e. The zero-order chi connectivity index (χ0) is 16.4. The third-order valence-corrected chi connectivity index (χ3v) is 3.57. The molecule has 2 N–H and O–H groups in total. The summed E-state index contributed by atoms with van der Waals surface area (Å²) in [6, 6.07) is 10.2. The number of pyridine rings is 1. The van der Waals surface area contributed by atoms with Crippen LogP contribution in [0.1, 0.15) is 17.3 Å². The number of carbonyl (C=O) groups is 2. The number of nitrogens with zero attached hydrogens (tertiary/aromatic N) is 1. The molecule has 0 atom stereocenters. The second-order valence-electron chi connectivity index (χ2n) is 5.23. The number of Topliss-reactive ketones (excluding diaryl/α,β-unsaturated/α-hetero) is 1. The molecule has 6 heteroatoms. The summed E-state index contributed by atoms with van der Waals surface area (Å²) < 4.78 is 1.70. The lowest BCUT2D eigenvalue weighted by atomic mass is 10.1. The van der Waals surface area contributed by atoms with Crippen molar-refractivity contribution in [3.05, 3.63) is 64.7 Å². The fourth-order valence-electron chi connectivity index (χ4n) is 2.45. The minimum atomic E-state index is -0.233. The van der Waals surface area contributed by atoms with Crippen molar-refractivity contribution in [2.24, 2.45) is 0 Å². The third kappa shape index (κ3) is 3.06. The van der Waals surface area contributed by atoms with E-state index in [-0.39, 0.29) is 23.8 Å². The van der Waals surface area contributed by atoms with E-state index in [0.717, 1.165) is 0 Å². The van der Waals surface area contributed by atoms with E-state index in [1.54, 1.807) is 53.4 Å². The summed E-state index contributed by atoms with van der Waals surface area (Å²) in [7, 11) is 0. The van der Waals surface area contributed by atoms with E-state index in [0.29, 0.717) is 22.2 Å². The Kier molecular flexibility index (Phi) is 3.80. The van der Waals surface area contributed by atoms with Crippen LogP contribution in [0.3, 0.4) is 0 Å². The smallest absolute Gasteiger partial charge is 0.257 e. The van der Waals surface area contributed by atoms with E-state index in [1.807, 2.05) is 0 Å². The molecule has 2 heterocycles. The molecule has 1 amide bonds. The zero-order valence-electron chi connectivity index (χ0n) is 12.5. The highest BCUT2D eigenvalue weighted by Gasteiger charge is 2.09. The molecule has 3 aromatic rings. The number of benzene rings is 1. The number of aromatic nitrogens is 2. The van der Waals surface area contributed by atoms with E-state index in [4.69, 9.17) is 0 Å². The number of nitrogens with one attached hydrogen (secondary N) is 2. The number of fused-ring (bicyclic) bond motifs is 1. The van der Waals surface area contributed by atoms with Crippen LogP contribution >= 0.6 is 0 Å². The lowest BCUT2D eigenvalue weighted by Crippen LogP contribution is -2.18. The van der Waals surface area contributed by atoms with Crippen molar-refractivity contribution in [1.29, 1.82) is 0 Å². The molecule has 0 aliphatic heterocycles. The molecule has 0 saturated heterocycles. The first-order valence-electron chi connectivity index (χ1n) is 7.12. The molecule has 0 fully saturated rings. The van der Waals surface area contributed by atoms with Crippen LogP contribution in [0.25, 0.3) is 10.9 Å². The number of hydrogen-bond acceptors (Lipinski definition) is 3. The number of carbonyl (C=O) groups excluding carboxylic acids is 2. The monoisotopic (exact) mass is 309 g/mol. The Morgan fingerprint density at radius 3 is 2.83 bits per heavy atom. The summed E-state index contributed by atoms with van der Waals surface area (Å²) in [5.41, 5.74) is 1.62. The second kappa shape index (κ2) is 5.92. The highest BCUT2D eigenvalue weighted by molar-refractivity contribution is 5.97. The maximum absolute atomic E-state index is 12.2. The molecule has 3 rings (SSSR count). The summed E-state index contributed by atoms with van der Waals surface area (Å²) in [5.74, 6) is -0.291. The van der Waals surface area contributed by atoms with Gasteiger partial charge in [-0.05, 0) is 31.2 Å². The predicted octanol–water partition coefficient (Wildman–Crippen LogP) is 2.17. The van der Waals surface area contributed by atoms with Crippen LogP contribution in [0.2, 0.25) is 0 Å². The summed E-state index contributed by atoms with van der Waals surface area (Å²) >= 11 is 0. The maximum atomic E-state index is 12.2. The average molecular weight is 309 g/mol. The molecule has 0 spiro atoms. The van der Waals surface area contributed by atoms with Crippen LogP contribution < -0.4 is 10.9 Å². The number of anilines is 1.